The quantitative estimate of drug-likeness (QED) is 0.400. The molecule has 36 heavy (non-hydrogen) atoms. The van der Waals surface area contributed by atoms with Gasteiger partial charge in [0, 0.05) is 25.7 Å². The van der Waals surface area contributed by atoms with Crippen molar-refractivity contribution in [3.63, 3.8) is 0 Å². The fourth-order valence-electron chi connectivity index (χ4n) is 5.41. The van der Waals surface area contributed by atoms with Crippen LogP contribution in [0.4, 0.5) is 19.0 Å². The predicted octanol–water partition coefficient (Wildman–Crippen LogP) is 4.68. The van der Waals surface area contributed by atoms with Gasteiger partial charge in [-0.2, -0.15) is 18.3 Å². The lowest BCUT2D eigenvalue weighted by Gasteiger charge is -2.20. The van der Waals surface area contributed by atoms with Crippen LogP contribution in [0.15, 0.2) is 47.3 Å². The zero-order chi connectivity index (χ0) is 25.8. The molecule has 0 N–H and O–H groups in total. The number of alkyl halides is 3. The number of rotatable bonds is 5. The number of nitrogens with zero attached hydrogens (tertiary/aromatic N) is 5. The van der Waals surface area contributed by atoms with Crippen molar-refractivity contribution < 1.29 is 17.9 Å². The number of hydrogen-bond acceptors (Lipinski definition) is 4. The molecule has 190 valence electrons. The lowest BCUT2D eigenvalue weighted by Crippen LogP contribution is -2.30. The van der Waals surface area contributed by atoms with Gasteiger partial charge in [-0.3, -0.25) is 13.8 Å². The van der Waals surface area contributed by atoms with Crippen LogP contribution in [0.1, 0.15) is 34.8 Å². The second-order valence-electron chi connectivity index (χ2n) is 9.27. The Hall–Kier alpha value is -3.69. The SMILES string of the molecule is COc1cccc2c1n(Cc1ccccc1C(F)(F)F)c(=O)n2C1CCN(c2c(C)c(C)nn2C)C1. The van der Waals surface area contributed by atoms with Crippen molar-refractivity contribution in [1.82, 2.24) is 18.9 Å². The standard InChI is InChI=1S/C26H28F3N5O2/c1-16-17(2)30-31(3)24(16)32-13-12-19(15-32)34-21-10-7-11-22(36-4)23(21)33(25(34)35)14-18-8-5-6-9-20(18)26(27,28)29/h5-11,19H,12-15H2,1-4H3. The fraction of sp³-hybridized carbons (Fsp3) is 0.385. The van der Waals surface area contributed by atoms with Gasteiger partial charge in [0.05, 0.1) is 36.5 Å². The number of aromatic nitrogens is 4. The van der Waals surface area contributed by atoms with E-state index < -0.39 is 11.7 Å². The van der Waals surface area contributed by atoms with E-state index in [1.54, 1.807) is 22.8 Å². The van der Waals surface area contributed by atoms with Crippen LogP contribution < -0.4 is 15.3 Å². The highest BCUT2D eigenvalue weighted by Crippen LogP contribution is 2.35. The topological polar surface area (TPSA) is 57.2 Å². The molecule has 2 aromatic carbocycles. The van der Waals surface area contributed by atoms with Crippen LogP contribution in [-0.4, -0.2) is 39.1 Å². The number of fused-ring (bicyclic) bond motifs is 1. The molecule has 0 radical (unpaired) electrons. The molecule has 4 aromatic rings. The average Bonchev–Trinajstić information content (AvgIpc) is 3.48. The zero-order valence-corrected chi connectivity index (χ0v) is 20.6. The van der Waals surface area contributed by atoms with Crippen LogP contribution in [0.25, 0.3) is 11.0 Å². The molecule has 0 saturated carbocycles. The molecule has 1 aliphatic heterocycles. The van der Waals surface area contributed by atoms with Crippen LogP contribution in [-0.2, 0) is 19.8 Å². The molecular weight excluding hydrogens is 471 g/mol. The number of halogens is 3. The minimum Gasteiger partial charge on any atom is -0.494 e. The van der Waals surface area contributed by atoms with Gasteiger partial charge in [-0.05, 0) is 44.0 Å². The van der Waals surface area contributed by atoms with E-state index in [4.69, 9.17) is 4.74 Å². The third-order valence-corrected chi connectivity index (χ3v) is 7.13. The summed E-state index contributed by atoms with van der Waals surface area (Å²) >= 11 is 0. The molecule has 10 heteroatoms. The number of anilines is 1. The molecule has 3 heterocycles. The summed E-state index contributed by atoms with van der Waals surface area (Å²) in [5, 5.41) is 4.52. The Morgan fingerprint density at radius 2 is 1.86 bits per heavy atom. The molecule has 0 bridgehead atoms. The number of para-hydroxylation sites is 1. The number of aryl methyl sites for hydroxylation is 2. The summed E-state index contributed by atoms with van der Waals surface area (Å²) in [7, 11) is 3.40. The Bertz CT molecular complexity index is 1500. The molecule has 1 aliphatic rings. The van der Waals surface area contributed by atoms with Gasteiger partial charge in [-0.25, -0.2) is 4.79 Å². The minimum absolute atomic E-state index is 0.0334. The van der Waals surface area contributed by atoms with Crippen LogP contribution >= 0.6 is 0 Å². The van der Waals surface area contributed by atoms with E-state index in [9.17, 15) is 18.0 Å². The van der Waals surface area contributed by atoms with Crippen molar-refractivity contribution in [3.8, 4) is 5.75 Å². The third kappa shape index (κ3) is 3.84. The highest BCUT2D eigenvalue weighted by Gasteiger charge is 2.34. The van der Waals surface area contributed by atoms with Crippen LogP contribution in [0.5, 0.6) is 5.75 Å². The fourth-order valence-corrected chi connectivity index (χ4v) is 5.41. The summed E-state index contributed by atoms with van der Waals surface area (Å²) in [4.78, 5) is 16.1. The Morgan fingerprint density at radius 3 is 2.53 bits per heavy atom. The Labute approximate surface area is 206 Å². The normalized spacial score (nSPS) is 16.3. The monoisotopic (exact) mass is 499 g/mol. The second-order valence-corrected chi connectivity index (χ2v) is 9.27. The Morgan fingerprint density at radius 1 is 1.11 bits per heavy atom. The van der Waals surface area contributed by atoms with Gasteiger partial charge in [0.25, 0.3) is 0 Å². The lowest BCUT2D eigenvalue weighted by molar-refractivity contribution is -0.138. The third-order valence-electron chi connectivity index (χ3n) is 7.13. The van der Waals surface area contributed by atoms with E-state index in [1.807, 2.05) is 31.6 Å². The molecular formula is C26H28F3N5O2. The van der Waals surface area contributed by atoms with Crippen LogP contribution in [0.2, 0.25) is 0 Å². The predicted molar refractivity (Wildman–Crippen MR) is 132 cm³/mol. The van der Waals surface area contributed by atoms with E-state index in [1.165, 1.54) is 23.8 Å². The molecule has 2 aromatic heterocycles. The minimum atomic E-state index is -4.52. The first-order valence-corrected chi connectivity index (χ1v) is 11.8. The maximum atomic E-state index is 13.8. The molecule has 1 fully saturated rings. The maximum absolute atomic E-state index is 13.8. The number of benzene rings is 2. The summed E-state index contributed by atoms with van der Waals surface area (Å²) in [6.07, 6.45) is -3.80. The lowest BCUT2D eigenvalue weighted by atomic mass is 10.1. The van der Waals surface area contributed by atoms with Crippen LogP contribution in [0, 0.1) is 13.8 Å². The molecule has 5 rings (SSSR count). The van der Waals surface area contributed by atoms with Crippen LogP contribution in [0.3, 0.4) is 0 Å². The van der Waals surface area contributed by atoms with Crippen molar-refractivity contribution in [2.24, 2.45) is 7.05 Å². The summed E-state index contributed by atoms with van der Waals surface area (Å²) in [6.45, 7) is 5.12. The first-order chi connectivity index (χ1) is 17.1. The highest BCUT2D eigenvalue weighted by atomic mass is 19.4. The highest BCUT2D eigenvalue weighted by molar-refractivity contribution is 5.83. The molecule has 7 nitrogen and oxygen atoms in total. The zero-order valence-electron chi connectivity index (χ0n) is 20.6. The van der Waals surface area contributed by atoms with Crippen molar-refractivity contribution in [2.75, 3.05) is 25.1 Å². The number of ether oxygens (including phenoxy) is 1. The van der Waals surface area contributed by atoms with Gasteiger partial charge >= 0.3 is 11.9 Å². The van der Waals surface area contributed by atoms with E-state index >= 15 is 0 Å². The van der Waals surface area contributed by atoms with Gasteiger partial charge in [0.2, 0.25) is 0 Å². The summed E-state index contributed by atoms with van der Waals surface area (Å²) < 4.78 is 51.6. The summed E-state index contributed by atoms with van der Waals surface area (Å²) in [5.41, 5.74) is 2.13. The van der Waals surface area contributed by atoms with Crippen molar-refractivity contribution >= 4 is 16.9 Å². The Balaban J connectivity index is 1.61. The second kappa shape index (κ2) is 8.76. The Kier molecular flexibility index (Phi) is 5.84. The first kappa shape index (κ1) is 24.0. The van der Waals surface area contributed by atoms with Crippen molar-refractivity contribution in [3.05, 3.63) is 75.3 Å². The van der Waals surface area contributed by atoms with E-state index in [0.717, 1.165) is 36.1 Å². The van der Waals surface area contributed by atoms with E-state index in [2.05, 4.69) is 10.00 Å². The molecule has 0 spiro atoms. The molecule has 0 aliphatic carbocycles. The number of hydrogen-bond donors (Lipinski definition) is 0. The first-order valence-electron chi connectivity index (χ1n) is 11.8. The van der Waals surface area contributed by atoms with Crippen molar-refractivity contribution in [2.45, 2.75) is 39.0 Å². The van der Waals surface area contributed by atoms with E-state index in [0.29, 0.717) is 23.3 Å². The molecule has 0 amide bonds. The van der Waals surface area contributed by atoms with Gasteiger partial charge in [-0.1, -0.05) is 24.3 Å². The smallest absolute Gasteiger partial charge is 0.416 e. The van der Waals surface area contributed by atoms with Gasteiger partial charge in [-0.15, -0.1) is 0 Å². The van der Waals surface area contributed by atoms with Gasteiger partial charge in [0.1, 0.15) is 17.1 Å². The summed E-state index contributed by atoms with van der Waals surface area (Å²) in [6, 6.07) is 10.6. The van der Waals surface area contributed by atoms with Crippen molar-refractivity contribution in [1.29, 1.82) is 0 Å². The largest absolute Gasteiger partial charge is 0.494 e. The number of methoxy groups -OCH3 is 1. The molecule has 1 saturated heterocycles. The molecule has 1 atom stereocenters. The maximum Gasteiger partial charge on any atom is 0.416 e. The van der Waals surface area contributed by atoms with E-state index in [-0.39, 0.29) is 23.8 Å². The molecule has 1 unspecified atom stereocenters. The number of imidazole rings is 1. The van der Waals surface area contributed by atoms with Gasteiger partial charge < -0.3 is 9.64 Å². The van der Waals surface area contributed by atoms with Gasteiger partial charge in [0.15, 0.2) is 0 Å². The summed E-state index contributed by atoms with van der Waals surface area (Å²) in [5.74, 6) is 1.46. The average molecular weight is 500 g/mol.